The number of nitrogens with one attached hydrogen (secondary N) is 1. The van der Waals surface area contributed by atoms with Gasteiger partial charge in [0.2, 0.25) is 0 Å². The minimum Gasteiger partial charge on any atom is -0.465 e. The molecule has 0 saturated heterocycles. The van der Waals surface area contributed by atoms with Crippen LogP contribution in [0.2, 0.25) is 0 Å². The molecule has 5 nitrogen and oxygen atoms in total. The minimum absolute atomic E-state index is 0.191. The zero-order chi connectivity index (χ0) is 11.8. The molecular formula is C10H19N3O2S. The molecule has 1 N–H and O–H groups in total. The van der Waals surface area contributed by atoms with Gasteiger partial charge in [-0.3, -0.25) is 10.2 Å². The number of hydrazine groups is 1. The summed E-state index contributed by atoms with van der Waals surface area (Å²) in [5.41, 5.74) is 3.16. The van der Waals surface area contributed by atoms with Gasteiger partial charge in [-0.1, -0.05) is 25.1 Å². The van der Waals surface area contributed by atoms with Gasteiger partial charge in [-0.25, -0.2) is 10.0 Å². The Kier molecular flexibility index (Phi) is 6.25. The van der Waals surface area contributed by atoms with Crippen molar-refractivity contribution < 1.29 is 9.53 Å². The van der Waals surface area contributed by atoms with E-state index >= 15 is 0 Å². The van der Waals surface area contributed by atoms with Gasteiger partial charge in [-0.2, -0.15) is 0 Å². The highest BCUT2D eigenvalue weighted by Crippen LogP contribution is 2.09. The maximum Gasteiger partial charge on any atom is 0.316 e. The number of unbranched alkanes of at least 4 members (excludes halogenated alkanes) is 1. The Bertz CT molecular complexity index is 258. The van der Waals surface area contributed by atoms with Crippen molar-refractivity contribution in [1.82, 2.24) is 10.4 Å². The molecule has 0 aromatic heterocycles. The number of carbonyl (C=O) groups is 1. The van der Waals surface area contributed by atoms with Gasteiger partial charge < -0.3 is 4.74 Å². The van der Waals surface area contributed by atoms with Crippen LogP contribution in [0.4, 0.5) is 0 Å². The quantitative estimate of drug-likeness (QED) is 0.713. The Morgan fingerprint density at radius 2 is 2.44 bits per heavy atom. The van der Waals surface area contributed by atoms with E-state index in [1.165, 1.54) is 18.2 Å². The molecule has 0 fully saturated rings. The smallest absolute Gasteiger partial charge is 0.316 e. The molecule has 0 aromatic carbocycles. The van der Waals surface area contributed by atoms with Gasteiger partial charge in [0.05, 0.1) is 12.4 Å². The van der Waals surface area contributed by atoms with Crippen LogP contribution < -0.4 is 5.43 Å². The molecule has 1 heterocycles. The molecule has 0 aromatic rings. The van der Waals surface area contributed by atoms with Crippen molar-refractivity contribution >= 4 is 22.9 Å². The van der Waals surface area contributed by atoms with Gasteiger partial charge in [-0.05, 0) is 13.3 Å². The van der Waals surface area contributed by atoms with E-state index < -0.39 is 0 Å². The lowest BCUT2D eigenvalue weighted by atomic mass is 10.3. The number of hydrogen-bond donors (Lipinski definition) is 1. The summed E-state index contributed by atoms with van der Waals surface area (Å²) < 4.78 is 4.84. The average molecular weight is 245 g/mol. The highest BCUT2D eigenvalue weighted by Gasteiger charge is 2.15. The molecule has 1 aliphatic rings. The van der Waals surface area contributed by atoms with Gasteiger partial charge in [-0.15, -0.1) is 0 Å². The van der Waals surface area contributed by atoms with Crippen molar-refractivity contribution in [3.8, 4) is 0 Å². The van der Waals surface area contributed by atoms with Gasteiger partial charge >= 0.3 is 5.97 Å². The van der Waals surface area contributed by atoms with E-state index in [4.69, 9.17) is 4.74 Å². The third-order valence-corrected chi connectivity index (χ3v) is 2.93. The molecule has 0 amide bonds. The first-order valence-electron chi connectivity index (χ1n) is 5.60. The molecule has 0 aliphatic carbocycles. The van der Waals surface area contributed by atoms with Crippen molar-refractivity contribution in [3.05, 3.63) is 0 Å². The van der Waals surface area contributed by atoms with E-state index in [0.717, 1.165) is 18.1 Å². The Morgan fingerprint density at radius 1 is 1.62 bits per heavy atom. The summed E-state index contributed by atoms with van der Waals surface area (Å²) in [5.74, 6) is 0.130. The Labute approximate surface area is 101 Å². The molecule has 0 unspecified atom stereocenters. The first-order chi connectivity index (χ1) is 7.76. The molecular weight excluding hydrogens is 226 g/mol. The van der Waals surface area contributed by atoms with Crippen LogP contribution in [0.3, 0.4) is 0 Å². The first kappa shape index (κ1) is 13.3. The maximum atomic E-state index is 11.1. The summed E-state index contributed by atoms with van der Waals surface area (Å²) in [4.78, 5) is 15.4. The highest BCUT2D eigenvalue weighted by atomic mass is 32.2. The number of amidine groups is 1. The predicted octanol–water partition coefficient (Wildman–Crippen LogP) is 1.22. The molecule has 0 spiro atoms. The lowest BCUT2D eigenvalue weighted by Crippen LogP contribution is -2.35. The monoisotopic (exact) mass is 245 g/mol. The van der Waals surface area contributed by atoms with Crippen LogP contribution in [0.1, 0.15) is 26.7 Å². The van der Waals surface area contributed by atoms with Crippen LogP contribution in [-0.4, -0.2) is 41.7 Å². The molecule has 0 atom stereocenters. The topological polar surface area (TPSA) is 53.9 Å². The van der Waals surface area contributed by atoms with Crippen LogP contribution in [-0.2, 0) is 9.53 Å². The third-order valence-electron chi connectivity index (χ3n) is 2.05. The number of nitrogens with zero attached hydrogens (tertiary/aromatic N) is 2. The fourth-order valence-electron chi connectivity index (χ4n) is 1.24. The van der Waals surface area contributed by atoms with Crippen molar-refractivity contribution in [3.63, 3.8) is 0 Å². The number of hydrogen-bond acceptors (Lipinski definition) is 6. The van der Waals surface area contributed by atoms with E-state index in [1.54, 1.807) is 6.92 Å². The van der Waals surface area contributed by atoms with Crippen molar-refractivity contribution in [2.24, 2.45) is 4.99 Å². The number of rotatable bonds is 6. The molecule has 1 aliphatic heterocycles. The van der Waals surface area contributed by atoms with E-state index in [2.05, 4.69) is 22.4 Å². The first-order valence-corrected chi connectivity index (χ1v) is 6.59. The van der Waals surface area contributed by atoms with Gasteiger partial charge in [0.25, 0.3) is 0 Å². The molecule has 0 bridgehead atoms. The van der Waals surface area contributed by atoms with E-state index in [1.807, 2.05) is 0 Å². The molecule has 0 radical (unpaired) electrons. The summed E-state index contributed by atoms with van der Waals surface area (Å²) in [6.07, 6.45) is 2.32. The second kappa shape index (κ2) is 7.51. The normalized spacial score (nSPS) is 15.8. The van der Waals surface area contributed by atoms with Gasteiger partial charge in [0.15, 0.2) is 5.17 Å². The second-order valence-electron chi connectivity index (χ2n) is 3.43. The molecule has 16 heavy (non-hydrogen) atoms. The van der Waals surface area contributed by atoms with Crippen LogP contribution >= 0.6 is 11.8 Å². The van der Waals surface area contributed by atoms with Crippen LogP contribution in [0.15, 0.2) is 4.99 Å². The van der Waals surface area contributed by atoms with E-state index in [-0.39, 0.29) is 5.97 Å². The SMILES string of the molecule is CCCCN1CN=C(SCC(=O)OCC)N1. The van der Waals surface area contributed by atoms with Crippen LogP contribution in [0, 0.1) is 0 Å². The van der Waals surface area contributed by atoms with Gasteiger partial charge in [0, 0.05) is 6.54 Å². The molecule has 6 heteroatoms. The Hall–Kier alpha value is -0.750. The Balaban J connectivity index is 2.13. The van der Waals surface area contributed by atoms with Crippen molar-refractivity contribution in [2.75, 3.05) is 25.6 Å². The van der Waals surface area contributed by atoms with Crippen molar-refractivity contribution in [1.29, 1.82) is 0 Å². The molecule has 1 rings (SSSR count). The summed E-state index contributed by atoms with van der Waals surface area (Å²) >= 11 is 1.39. The lowest BCUT2D eigenvalue weighted by Gasteiger charge is -2.14. The van der Waals surface area contributed by atoms with Crippen LogP contribution in [0.25, 0.3) is 0 Å². The number of carbonyl (C=O) groups excluding carboxylic acids is 1. The second-order valence-corrected chi connectivity index (χ2v) is 4.39. The number of aliphatic imine (C=N–C) groups is 1. The minimum atomic E-state index is -0.191. The zero-order valence-corrected chi connectivity index (χ0v) is 10.7. The fraction of sp³-hybridized carbons (Fsp3) is 0.800. The third kappa shape index (κ3) is 4.85. The van der Waals surface area contributed by atoms with Crippen LogP contribution in [0.5, 0.6) is 0 Å². The summed E-state index contributed by atoms with van der Waals surface area (Å²) in [7, 11) is 0. The fourth-order valence-corrected chi connectivity index (χ4v) is 1.92. The molecule has 0 saturated carbocycles. The van der Waals surface area contributed by atoms with E-state index in [9.17, 15) is 4.79 Å². The standard InChI is InChI=1S/C10H19N3O2S/c1-3-5-6-13-8-11-10(12-13)16-7-9(14)15-4-2/h3-8H2,1-2H3,(H,11,12). The summed E-state index contributed by atoms with van der Waals surface area (Å²) in [6, 6.07) is 0. The number of ether oxygens (including phenoxy) is 1. The van der Waals surface area contributed by atoms with E-state index in [0.29, 0.717) is 19.0 Å². The Morgan fingerprint density at radius 3 is 3.12 bits per heavy atom. The van der Waals surface area contributed by atoms with Gasteiger partial charge in [0.1, 0.15) is 6.67 Å². The zero-order valence-electron chi connectivity index (χ0n) is 9.86. The summed E-state index contributed by atoms with van der Waals surface area (Å²) in [6.45, 7) is 6.06. The lowest BCUT2D eigenvalue weighted by molar-refractivity contribution is -0.139. The predicted molar refractivity (Wildman–Crippen MR) is 66.1 cm³/mol. The number of thioether (sulfide) groups is 1. The average Bonchev–Trinajstić information content (AvgIpc) is 2.72. The largest absolute Gasteiger partial charge is 0.465 e. The summed E-state index contributed by atoms with van der Waals surface area (Å²) in [5, 5.41) is 2.86. The maximum absolute atomic E-state index is 11.1. The number of esters is 1. The molecule has 92 valence electrons. The highest BCUT2D eigenvalue weighted by molar-refractivity contribution is 8.14. The van der Waals surface area contributed by atoms with Crippen molar-refractivity contribution in [2.45, 2.75) is 26.7 Å².